The van der Waals surface area contributed by atoms with Crippen LogP contribution in [0, 0.1) is 27.4 Å². The molecule has 0 unspecified atom stereocenters. The molecular weight excluding hydrogens is 338 g/mol. The Morgan fingerprint density at radius 1 is 1.00 bits per heavy atom. The molecule has 2 fully saturated rings. The van der Waals surface area contributed by atoms with Crippen molar-refractivity contribution in [2.45, 2.75) is 31.1 Å². The van der Waals surface area contributed by atoms with Crippen molar-refractivity contribution >= 4 is 5.69 Å². The minimum atomic E-state index is -0.324. The third-order valence-corrected chi connectivity index (χ3v) is 7.83. The summed E-state index contributed by atoms with van der Waals surface area (Å²) in [5.74, 6) is 1.96. The molecule has 0 N–H and O–H groups in total. The highest BCUT2D eigenvalue weighted by atomic mass is 16.6. The van der Waals surface area contributed by atoms with Crippen molar-refractivity contribution in [3.05, 3.63) is 81.9 Å². The van der Waals surface area contributed by atoms with Crippen LogP contribution in [-0.4, -0.2) is 12.0 Å². The molecule has 0 spiro atoms. The number of rotatable bonds is 4. The van der Waals surface area contributed by atoms with Crippen LogP contribution in [0.4, 0.5) is 5.69 Å². The molecule has 138 valence electrons. The van der Waals surface area contributed by atoms with E-state index in [0.717, 1.165) is 12.2 Å². The number of nitro groups is 1. The number of hydrogen-bond donors (Lipinski definition) is 0. The van der Waals surface area contributed by atoms with Gasteiger partial charge in [-0.05, 0) is 46.9 Å². The van der Waals surface area contributed by atoms with E-state index in [1.54, 1.807) is 19.2 Å². The van der Waals surface area contributed by atoms with E-state index in [1.807, 2.05) is 12.1 Å². The molecule has 0 saturated heterocycles. The van der Waals surface area contributed by atoms with Gasteiger partial charge < -0.3 is 4.74 Å². The number of methoxy groups -OCH3 is 1. The molecule has 0 aromatic heterocycles. The molecule has 4 heteroatoms. The van der Waals surface area contributed by atoms with Crippen molar-refractivity contribution in [1.82, 2.24) is 0 Å². The molecule has 2 aromatic carbocycles. The average molecular weight is 361 g/mol. The Morgan fingerprint density at radius 3 is 2.19 bits per heavy atom. The van der Waals surface area contributed by atoms with Crippen molar-refractivity contribution in [3.8, 4) is 5.75 Å². The van der Waals surface area contributed by atoms with Crippen LogP contribution in [0.15, 0.2) is 60.7 Å². The highest BCUT2D eigenvalue weighted by Crippen LogP contribution is 2.94. The SMILES string of the molecule is COc1ccc([C@@]23[C@H]4CC=C[C@H]4[C@]2(c2ccc([N+](=O)[O-])cc2)C3(C)C)cc1. The lowest BCUT2D eigenvalue weighted by atomic mass is 9.54. The molecule has 0 amide bonds. The monoisotopic (exact) mass is 361 g/mol. The lowest BCUT2D eigenvalue weighted by molar-refractivity contribution is -0.384. The minimum Gasteiger partial charge on any atom is -0.497 e. The van der Waals surface area contributed by atoms with E-state index >= 15 is 0 Å². The lowest BCUT2D eigenvalue weighted by Crippen LogP contribution is -2.49. The third kappa shape index (κ3) is 1.57. The zero-order chi connectivity index (χ0) is 19.0. The Kier molecular flexibility index (Phi) is 3.07. The summed E-state index contributed by atoms with van der Waals surface area (Å²) in [5, 5.41) is 11.1. The van der Waals surface area contributed by atoms with E-state index in [2.05, 4.69) is 50.3 Å². The number of allylic oxidation sites excluding steroid dienone is 2. The van der Waals surface area contributed by atoms with Crippen molar-refractivity contribution in [2.75, 3.05) is 7.11 Å². The fourth-order valence-corrected chi connectivity index (χ4v) is 7.11. The minimum absolute atomic E-state index is 0.00137. The largest absolute Gasteiger partial charge is 0.497 e. The topological polar surface area (TPSA) is 52.4 Å². The van der Waals surface area contributed by atoms with E-state index in [-0.39, 0.29) is 26.9 Å². The van der Waals surface area contributed by atoms with Gasteiger partial charge in [0.1, 0.15) is 5.75 Å². The van der Waals surface area contributed by atoms with Crippen LogP contribution in [0.25, 0.3) is 0 Å². The molecule has 0 aliphatic heterocycles. The Balaban J connectivity index is 1.67. The number of benzene rings is 2. The highest BCUT2D eigenvalue weighted by Gasteiger charge is 2.95. The predicted octanol–water partition coefficient (Wildman–Crippen LogP) is 5.02. The van der Waals surface area contributed by atoms with Gasteiger partial charge in [0.25, 0.3) is 5.69 Å². The van der Waals surface area contributed by atoms with E-state index in [0.29, 0.717) is 11.8 Å². The van der Waals surface area contributed by atoms with Gasteiger partial charge in [-0.25, -0.2) is 0 Å². The standard InChI is InChI=1S/C23H23NO3/c1-21(2)22(15-7-11-17(12-8-15)24(25)26)19-5-4-6-20(19)23(21,22)16-9-13-18(27-3)14-10-16/h4-5,7-14,19-20H,6H2,1-3H3/t19-,20+,22-,23+/m1/s1. The zero-order valence-electron chi connectivity index (χ0n) is 15.8. The van der Waals surface area contributed by atoms with Gasteiger partial charge in [-0.15, -0.1) is 0 Å². The van der Waals surface area contributed by atoms with Crippen LogP contribution >= 0.6 is 0 Å². The van der Waals surface area contributed by atoms with Gasteiger partial charge in [-0.2, -0.15) is 0 Å². The number of fused-ring (bicyclic) bond motifs is 4. The van der Waals surface area contributed by atoms with Gasteiger partial charge in [0.2, 0.25) is 0 Å². The van der Waals surface area contributed by atoms with Gasteiger partial charge >= 0.3 is 0 Å². The van der Waals surface area contributed by atoms with Crippen LogP contribution in [-0.2, 0) is 10.8 Å². The van der Waals surface area contributed by atoms with Crippen LogP contribution in [0.5, 0.6) is 5.75 Å². The van der Waals surface area contributed by atoms with Crippen LogP contribution in [0.3, 0.4) is 0 Å². The summed E-state index contributed by atoms with van der Waals surface area (Å²) in [4.78, 5) is 10.8. The zero-order valence-corrected chi connectivity index (χ0v) is 15.8. The number of nitrogens with zero attached hydrogens (tertiary/aromatic N) is 1. The first kappa shape index (κ1) is 16.5. The number of non-ortho nitro benzene ring substituents is 1. The van der Waals surface area contributed by atoms with E-state index in [9.17, 15) is 10.1 Å². The highest BCUT2D eigenvalue weighted by molar-refractivity contribution is 5.66. The summed E-state index contributed by atoms with van der Waals surface area (Å²) >= 11 is 0. The molecule has 0 heterocycles. The summed E-state index contributed by atoms with van der Waals surface area (Å²) < 4.78 is 5.35. The predicted molar refractivity (Wildman–Crippen MR) is 104 cm³/mol. The van der Waals surface area contributed by atoms with Crippen molar-refractivity contribution < 1.29 is 9.66 Å². The van der Waals surface area contributed by atoms with E-state index in [1.165, 1.54) is 11.1 Å². The molecule has 4 nitrogen and oxygen atoms in total. The van der Waals surface area contributed by atoms with Crippen molar-refractivity contribution in [3.63, 3.8) is 0 Å². The summed E-state index contributed by atoms with van der Waals surface area (Å²) in [7, 11) is 1.69. The van der Waals surface area contributed by atoms with Gasteiger partial charge in [-0.1, -0.05) is 50.3 Å². The fourth-order valence-electron chi connectivity index (χ4n) is 7.11. The van der Waals surface area contributed by atoms with Crippen molar-refractivity contribution in [1.29, 1.82) is 0 Å². The maximum absolute atomic E-state index is 11.1. The molecule has 5 rings (SSSR count). The maximum Gasteiger partial charge on any atom is 0.269 e. The van der Waals surface area contributed by atoms with Gasteiger partial charge in [0.05, 0.1) is 12.0 Å². The number of ether oxygens (including phenoxy) is 1. The lowest BCUT2D eigenvalue weighted by Gasteiger charge is -2.48. The third-order valence-electron chi connectivity index (χ3n) is 7.83. The van der Waals surface area contributed by atoms with Crippen molar-refractivity contribution in [2.24, 2.45) is 17.3 Å². The number of hydrogen-bond acceptors (Lipinski definition) is 3. The molecular formula is C23H23NO3. The second kappa shape index (κ2) is 5.00. The number of nitro benzene ring substituents is 1. The molecule has 3 aliphatic rings. The molecule has 0 radical (unpaired) electrons. The second-order valence-corrected chi connectivity index (χ2v) is 8.57. The Bertz CT molecular complexity index is 960. The Labute approximate surface area is 159 Å². The average Bonchev–Trinajstić information content (AvgIpc) is 2.89. The summed E-state index contributed by atoms with van der Waals surface area (Å²) in [6.07, 6.45) is 5.80. The molecule has 2 aromatic rings. The molecule has 27 heavy (non-hydrogen) atoms. The molecule has 3 aliphatic carbocycles. The molecule has 4 atom stereocenters. The Morgan fingerprint density at radius 2 is 1.59 bits per heavy atom. The maximum atomic E-state index is 11.1. The molecule has 0 bridgehead atoms. The first-order chi connectivity index (χ1) is 12.9. The normalized spacial score (nSPS) is 34.3. The fraction of sp³-hybridized carbons (Fsp3) is 0.391. The first-order valence-electron chi connectivity index (χ1n) is 9.49. The van der Waals surface area contributed by atoms with Gasteiger partial charge in [0, 0.05) is 23.0 Å². The van der Waals surface area contributed by atoms with E-state index in [4.69, 9.17) is 4.74 Å². The smallest absolute Gasteiger partial charge is 0.269 e. The summed E-state index contributed by atoms with van der Waals surface area (Å²) in [6, 6.07) is 15.8. The van der Waals surface area contributed by atoms with Crippen LogP contribution < -0.4 is 4.74 Å². The van der Waals surface area contributed by atoms with Crippen LogP contribution in [0.2, 0.25) is 0 Å². The quantitative estimate of drug-likeness (QED) is 0.436. The second-order valence-electron chi connectivity index (χ2n) is 8.57. The summed E-state index contributed by atoms with van der Waals surface area (Å²) in [6.45, 7) is 4.73. The van der Waals surface area contributed by atoms with E-state index < -0.39 is 0 Å². The van der Waals surface area contributed by atoms with Gasteiger partial charge in [-0.3, -0.25) is 10.1 Å². The summed E-state index contributed by atoms with van der Waals surface area (Å²) in [5.41, 5.74) is 2.89. The van der Waals surface area contributed by atoms with Crippen LogP contribution in [0.1, 0.15) is 31.4 Å². The first-order valence-corrected chi connectivity index (χ1v) is 9.49. The Hall–Kier alpha value is -2.62. The molecule has 2 saturated carbocycles. The van der Waals surface area contributed by atoms with Gasteiger partial charge in [0.15, 0.2) is 0 Å².